The zero-order valence-electron chi connectivity index (χ0n) is 15.3. The van der Waals surface area contributed by atoms with E-state index in [1.54, 1.807) is 6.92 Å². The summed E-state index contributed by atoms with van der Waals surface area (Å²) in [6.07, 6.45) is -10.9. The highest BCUT2D eigenvalue weighted by molar-refractivity contribution is 5.33. The molecule has 1 aliphatic heterocycles. The number of ether oxygens (including phenoxy) is 2. The number of morpholine rings is 1. The Morgan fingerprint density at radius 1 is 0.966 bits per heavy atom. The molecule has 1 N–H and O–H groups in total. The zero-order chi connectivity index (χ0) is 21.2. The predicted molar refractivity (Wildman–Crippen MR) is 92.8 cm³/mol. The van der Waals surface area contributed by atoms with Crippen LogP contribution in [0.5, 0.6) is 0 Å². The molecule has 0 radical (unpaired) electrons. The molecule has 158 valence electrons. The van der Waals surface area contributed by atoms with Gasteiger partial charge in [-0.3, -0.25) is 0 Å². The van der Waals surface area contributed by atoms with Crippen molar-refractivity contribution in [2.24, 2.45) is 0 Å². The molecule has 0 amide bonds. The Labute approximate surface area is 163 Å². The van der Waals surface area contributed by atoms with Crippen molar-refractivity contribution in [3.63, 3.8) is 0 Å². The van der Waals surface area contributed by atoms with E-state index in [-0.39, 0.29) is 17.7 Å². The van der Waals surface area contributed by atoms with Crippen molar-refractivity contribution in [2.75, 3.05) is 6.54 Å². The molecule has 1 heterocycles. The van der Waals surface area contributed by atoms with E-state index < -0.39 is 42.4 Å². The SMILES string of the molecule is C[C@H]1CN[C@@H](c2ccccc2)[C@H](OCc2cc(C(F)(F)F)cc(C(F)(F)F)c2)O1. The number of hydrogen-bond acceptors (Lipinski definition) is 3. The minimum atomic E-state index is -4.90. The average molecular weight is 419 g/mol. The molecule has 2 aromatic rings. The second kappa shape index (κ2) is 8.33. The third-order valence-corrected chi connectivity index (χ3v) is 4.48. The van der Waals surface area contributed by atoms with Gasteiger partial charge in [-0.2, -0.15) is 26.3 Å². The molecule has 0 spiro atoms. The van der Waals surface area contributed by atoms with Gasteiger partial charge in [0.25, 0.3) is 0 Å². The molecule has 0 aromatic heterocycles. The van der Waals surface area contributed by atoms with Crippen molar-refractivity contribution in [1.29, 1.82) is 0 Å². The molecular weight excluding hydrogens is 400 g/mol. The van der Waals surface area contributed by atoms with Gasteiger partial charge in [0.15, 0.2) is 6.29 Å². The maximum Gasteiger partial charge on any atom is 0.416 e. The topological polar surface area (TPSA) is 30.5 Å². The molecule has 3 rings (SSSR count). The number of alkyl halides is 6. The van der Waals surface area contributed by atoms with Crippen LogP contribution in [0.3, 0.4) is 0 Å². The highest BCUT2D eigenvalue weighted by Crippen LogP contribution is 2.36. The first-order valence-corrected chi connectivity index (χ1v) is 8.88. The van der Waals surface area contributed by atoms with Crippen LogP contribution < -0.4 is 5.32 Å². The van der Waals surface area contributed by atoms with Crippen LogP contribution in [0.2, 0.25) is 0 Å². The van der Waals surface area contributed by atoms with Gasteiger partial charge in [0.1, 0.15) is 0 Å². The second-order valence-electron chi connectivity index (χ2n) is 6.84. The lowest BCUT2D eigenvalue weighted by atomic mass is 10.0. The van der Waals surface area contributed by atoms with Crippen LogP contribution in [0.1, 0.15) is 35.2 Å². The monoisotopic (exact) mass is 419 g/mol. The molecule has 0 unspecified atom stereocenters. The summed E-state index contributed by atoms with van der Waals surface area (Å²) in [4.78, 5) is 0. The quantitative estimate of drug-likeness (QED) is 0.681. The average Bonchev–Trinajstić information content (AvgIpc) is 2.65. The summed E-state index contributed by atoms with van der Waals surface area (Å²) in [7, 11) is 0. The van der Waals surface area contributed by atoms with E-state index >= 15 is 0 Å². The highest BCUT2D eigenvalue weighted by Gasteiger charge is 2.37. The van der Waals surface area contributed by atoms with Crippen LogP contribution in [0, 0.1) is 0 Å². The van der Waals surface area contributed by atoms with Crippen LogP contribution in [0.4, 0.5) is 26.3 Å². The molecule has 29 heavy (non-hydrogen) atoms. The molecular formula is C20H19F6NO2. The Bertz CT molecular complexity index is 790. The minimum Gasteiger partial charge on any atom is -0.346 e. The molecule has 0 bridgehead atoms. The van der Waals surface area contributed by atoms with Crippen LogP contribution in [0.25, 0.3) is 0 Å². The maximum absolute atomic E-state index is 13.0. The summed E-state index contributed by atoms with van der Waals surface area (Å²) in [5.74, 6) is 0. The Morgan fingerprint density at radius 3 is 2.10 bits per heavy atom. The third kappa shape index (κ3) is 5.49. The fraction of sp³-hybridized carbons (Fsp3) is 0.400. The smallest absolute Gasteiger partial charge is 0.346 e. The molecule has 1 aliphatic rings. The summed E-state index contributed by atoms with van der Waals surface area (Å²) in [6.45, 7) is 1.85. The van der Waals surface area contributed by atoms with E-state index in [4.69, 9.17) is 9.47 Å². The fourth-order valence-electron chi connectivity index (χ4n) is 3.10. The Kier molecular flexibility index (Phi) is 6.21. The molecule has 1 saturated heterocycles. The number of hydrogen-bond donors (Lipinski definition) is 1. The van der Waals surface area contributed by atoms with Crippen molar-refractivity contribution < 1.29 is 35.8 Å². The lowest BCUT2D eigenvalue weighted by Gasteiger charge is -2.36. The summed E-state index contributed by atoms with van der Waals surface area (Å²) >= 11 is 0. The van der Waals surface area contributed by atoms with E-state index in [0.717, 1.165) is 5.56 Å². The van der Waals surface area contributed by atoms with Gasteiger partial charge in [-0.1, -0.05) is 30.3 Å². The van der Waals surface area contributed by atoms with E-state index in [1.165, 1.54) is 0 Å². The standard InChI is InChI=1S/C20H19F6NO2/c1-12-10-27-17(14-5-3-2-4-6-14)18(29-12)28-11-13-7-15(19(21,22)23)9-16(8-13)20(24,25)26/h2-9,12,17-18,27H,10-11H2,1H3/t12-,17-,18+/m0/s1. The van der Waals surface area contributed by atoms with Crippen molar-refractivity contribution in [3.8, 4) is 0 Å². The zero-order valence-corrected chi connectivity index (χ0v) is 15.3. The van der Waals surface area contributed by atoms with Crippen LogP contribution >= 0.6 is 0 Å². The molecule has 0 saturated carbocycles. The maximum atomic E-state index is 13.0. The molecule has 2 aromatic carbocycles. The third-order valence-electron chi connectivity index (χ3n) is 4.48. The molecule has 3 nitrogen and oxygen atoms in total. The summed E-state index contributed by atoms with van der Waals surface area (Å²) in [5, 5.41) is 3.23. The highest BCUT2D eigenvalue weighted by atomic mass is 19.4. The first kappa shape index (κ1) is 21.6. The van der Waals surface area contributed by atoms with Crippen LogP contribution in [-0.2, 0) is 28.4 Å². The van der Waals surface area contributed by atoms with Crippen LogP contribution in [0.15, 0.2) is 48.5 Å². The number of halogens is 6. The predicted octanol–water partition coefficient (Wildman–Crippen LogP) is 5.32. The first-order valence-electron chi connectivity index (χ1n) is 8.88. The lowest BCUT2D eigenvalue weighted by Crippen LogP contribution is -2.47. The largest absolute Gasteiger partial charge is 0.416 e. The molecule has 1 fully saturated rings. The number of benzene rings is 2. The first-order chi connectivity index (χ1) is 13.5. The second-order valence-corrected chi connectivity index (χ2v) is 6.84. The van der Waals surface area contributed by atoms with E-state index in [9.17, 15) is 26.3 Å². The van der Waals surface area contributed by atoms with Gasteiger partial charge >= 0.3 is 12.4 Å². The van der Waals surface area contributed by atoms with Gasteiger partial charge in [0, 0.05) is 6.54 Å². The van der Waals surface area contributed by atoms with Crippen molar-refractivity contribution >= 4 is 0 Å². The van der Waals surface area contributed by atoms with Crippen molar-refractivity contribution in [2.45, 2.75) is 44.3 Å². The Hall–Kier alpha value is -2.10. The van der Waals surface area contributed by atoms with Crippen molar-refractivity contribution in [3.05, 3.63) is 70.8 Å². The normalized spacial score (nSPS) is 23.2. The number of rotatable bonds is 4. The lowest BCUT2D eigenvalue weighted by molar-refractivity contribution is -0.208. The van der Waals surface area contributed by atoms with Gasteiger partial charge in [-0.15, -0.1) is 0 Å². The van der Waals surface area contributed by atoms with Crippen molar-refractivity contribution in [1.82, 2.24) is 5.32 Å². The summed E-state index contributed by atoms with van der Waals surface area (Å²) < 4.78 is 89.5. The summed E-state index contributed by atoms with van der Waals surface area (Å²) in [6, 6.07) is 10.1. The van der Waals surface area contributed by atoms with Gasteiger partial charge in [0.05, 0.1) is 29.9 Å². The Balaban J connectivity index is 1.83. The van der Waals surface area contributed by atoms with Gasteiger partial charge in [-0.05, 0) is 36.2 Å². The number of nitrogens with one attached hydrogen (secondary N) is 1. The molecule has 9 heteroatoms. The van der Waals surface area contributed by atoms with E-state index in [1.807, 2.05) is 30.3 Å². The van der Waals surface area contributed by atoms with Gasteiger partial charge in [-0.25, -0.2) is 0 Å². The van der Waals surface area contributed by atoms with Crippen LogP contribution in [-0.4, -0.2) is 18.9 Å². The Morgan fingerprint density at radius 2 is 1.55 bits per heavy atom. The van der Waals surface area contributed by atoms with E-state index in [0.29, 0.717) is 18.7 Å². The molecule has 3 atom stereocenters. The minimum absolute atomic E-state index is 0.0943. The fourth-order valence-corrected chi connectivity index (χ4v) is 3.10. The van der Waals surface area contributed by atoms with Gasteiger partial charge < -0.3 is 14.8 Å². The summed E-state index contributed by atoms with van der Waals surface area (Å²) in [5.41, 5.74) is -2.15. The molecule has 0 aliphatic carbocycles. The van der Waals surface area contributed by atoms with E-state index in [2.05, 4.69) is 5.32 Å². The van der Waals surface area contributed by atoms with Gasteiger partial charge in [0.2, 0.25) is 0 Å².